The van der Waals surface area contributed by atoms with Gasteiger partial charge in [0.1, 0.15) is 0 Å². The zero-order valence-electron chi connectivity index (χ0n) is 12.0. The Balaban J connectivity index is 2.23. The summed E-state index contributed by atoms with van der Waals surface area (Å²) in [5.41, 5.74) is 1.90. The number of rotatable bonds is 6. The molecule has 0 aromatic heterocycles. The van der Waals surface area contributed by atoms with Crippen LogP contribution in [0.5, 0.6) is 0 Å². The standard InChI is InChI=1S/C16H16BrNO3S/c1-12(19)14-3-2-4-15(11-14)18-22(20,21)16-7-5-13(6-8-16)9-10-17/h2-8,11,18H,9-10H2,1H3. The van der Waals surface area contributed by atoms with Crippen molar-refractivity contribution in [1.82, 2.24) is 0 Å². The Morgan fingerprint density at radius 1 is 1.14 bits per heavy atom. The topological polar surface area (TPSA) is 63.2 Å². The number of halogens is 1. The van der Waals surface area contributed by atoms with Crippen molar-refractivity contribution in [1.29, 1.82) is 0 Å². The van der Waals surface area contributed by atoms with E-state index in [4.69, 9.17) is 0 Å². The second-order valence-corrected chi connectivity index (χ2v) is 7.30. The number of nitrogens with one attached hydrogen (secondary N) is 1. The van der Waals surface area contributed by atoms with Crippen LogP contribution in [0, 0.1) is 0 Å². The van der Waals surface area contributed by atoms with Crippen LogP contribution < -0.4 is 4.72 Å². The lowest BCUT2D eigenvalue weighted by atomic mass is 10.1. The van der Waals surface area contributed by atoms with Crippen LogP contribution >= 0.6 is 15.9 Å². The summed E-state index contributed by atoms with van der Waals surface area (Å²) in [7, 11) is -3.66. The van der Waals surface area contributed by atoms with E-state index in [-0.39, 0.29) is 10.7 Å². The summed E-state index contributed by atoms with van der Waals surface area (Å²) in [4.78, 5) is 11.5. The second kappa shape index (κ2) is 7.07. The molecule has 0 saturated carbocycles. The minimum atomic E-state index is -3.66. The van der Waals surface area contributed by atoms with E-state index < -0.39 is 10.0 Å². The lowest BCUT2D eigenvalue weighted by Crippen LogP contribution is -2.13. The summed E-state index contributed by atoms with van der Waals surface area (Å²) in [6, 6.07) is 13.2. The number of aryl methyl sites for hydroxylation is 1. The first kappa shape index (κ1) is 16.7. The minimum absolute atomic E-state index is 0.111. The number of anilines is 1. The fraction of sp³-hybridized carbons (Fsp3) is 0.188. The number of hydrogen-bond acceptors (Lipinski definition) is 3. The van der Waals surface area contributed by atoms with Crippen LogP contribution in [0.2, 0.25) is 0 Å². The largest absolute Gasteiger partial charge is 0.295 e. The Bertz CT molecular complexity index is 770. The highest BCUT2D eigenvalue weighted by atomic mass is 79.9. The first-order valence-electron chi connectivity index (χ1n) is 6.71. The van der Waals surface area contributed by atoms with E-state index in [2.05, 4.69) is 20.7 Å². The van der Waals surface area contributed by atoms with Crippen LogP contribution in [0.3, 0.4) is 0 Å². The fourth-order valence-corrected chi connectivity index (χ4v) is 3.47. The summed E-state index contributed by atoms with van der Waals surface area (Å²) >= 11 is 3.35. The molecular formula is C16H16BrNO3S. The van der Waals surface area contributed by atoms with Gasteiger partial charge < -0.3 is 0 Å². The van der Waals surface area contributed by atoms with Crippen LogP contribution in [0.1, 0.15) is 22.8 Å². The number of Topliss-reactive ketones (excluding diaryl/α,β-unsaturated/α-hetero) is 1. The van der Waals surface area contributed by atoms with E-state index >= 15 is 0 Å². The van der Waals surface area contributed by atoms with Gasteiger partial charge in [-0.1, -0.05) is 40.2 Å². The van der Waals surface area contributed by atoms with Crippen molar-refractivity contribution < 1.29 is 13.2 Å². The molecule has 0 fully saturated rings. The molecule has 116 valence electrons. The zero-order chi connectivity index (χ0) is 16.2. The number of hydrogen-bond donors (Lipinski definition) is 1. The Hall–Kier alpha value is -1.66. The third kappa shape index (κ3) is 4.18. The molecule has 1 N–H and O–H groups in total. The van der Waals surface area contributed by atoms with Gasteiger partial charge in [0, 0.05) is 16.6 Å². The Morgan fingerprint density at radius 2 is 1.82 bits per heavy atom. The van der Waals surface area contributed by atoms with Gasteiger partial charge in [0.05, 0.1) is 4.90 Å². The molecule has 0 spiro atoms. The van der Waals surface area contributed by atoms with Crippen LogP contribution in [-0.4, -0.2) is 19.5 Å². The molecule has 0 heterocycles. The van der Waals surface area contributed by atoms with Crippen LogP contribution in [0.15, 0.2) is 53.4 Å². The van der Waals surface area contributed by atoms with Crippen molar-refractivity contribution in [3.8, 4) is 0 Å². The molecule has 0 amide bonds. The monoisotopic (exact) mass is 381 g/mol. The van der Waals surface area contributed by atoms with Gasteiger partial charge in [0.15, 0.2) is 5.78 Å². The molecule has 2 aromatic carbocycles. The lowest BCUT2D eigenvalue weighted by molar-refractivity contribution is 0.101. The molecule has 22 heavy (non-hydrogen) atoms. The summed E-state index contributed by atoms with van der Waals surface area (Å²) in [6.45, 7) is 1.44. The molecule has 6 heteroatoms. The highest BCUT2D eigenvalue weighted by molar-refractivity contribution is 9.09. The predicted octanol–water partition coefficient (Wildman–Crippen LogP) is 3.63. The van der Waals surface area contributed by atoms with Crippen molar-refractivity contribution in [2.45, 2.75) is 18.2 Å². The fourth-order valence-electron chi connectivity index (χ4n) is 1.96. The Labute approximate surface area is 138 Å². The molecule has 0 aliphatic rings. The van der Waals surface area contributed by atoms with E-state index in [0.717, 1.165) is 17.3 Å². The normalized spacial score (nSPS) is 11.2. The van der Waals surface area contributed by atoms with Crippen molar-refractivity contribution in [2.24, 2.45) is 0 Å². The molecule has 4 nitrogen and oxygen atoms in total. The number of alkyl halides is 1. The Morgan fingerprint density at radius 3 is 2.41 bits per heavy atom. The zero-order valence-corrected chi connectivity index (χ0v) is 14.4. The maximum atomic E-state index is 12.3. The number of benzene rings is 2. The Kier molecular flexibility index (Phi) is 5.37. The number of carbonyl (C=O) groups is 1. The van der Waals surface area contributed by atoms with E-state index in [0.29, 0.717) is 11.3 Å². The van der Waals surface area contributed by atoms with E-state index in [9.17, 15) is 13.2 Å². The maximum absolute atomic E-state index is 12.3. The van der Waals surface area contributed by atoms with Crippen LogP contribution in [0.25, 0.3) is 0 Å². The highest BCUT2D eigenvalue weighted by Crippen LogP contribution is 2.18. The second-order valence-electron chi connectivity index (χ2n) is 4.83. The van der Waals surface area contributed by atoms with E-state index in [1.54, 1.807) is 42.5 Å². The van der Waals surface area contributed by atoms with Gasteiger partial charge in [-0.2, -0.15) is 0 Å². The molecule has 0 unspecified atom stereocenters. The number of ketones is 1. The molecule has 0 saturated heterocycles. The molecule has 2 aromatic rings. The SMILES string of the molecule is CC(=O)c1cccc(NS(=O)(=O)c2ccc(CCBr)cc2)c1. The average molecular weight is 382 g/mol. The maximum Gasteiger partial charge on any atom is 0.261 e. The van der Waals surface area contributed by atoms with Gasteiger partial charge in [-0.25, -0.2) is 8.42 Å². The molecular weight excluding hydrogens is 366 g/mol. The smallest absolute Gasteiger partial charge is 0.261 e. The molecule has 0 atom stereocenters. The first-order valence-corrected chi connectivity index (χ1v) is 9.31. The van der Waals surface area contributed by atoms with E-state index in [1.807, 2.05) is 0 Å². The summed E-state index contributed by atoms with van der Waals surface area (Å²) < 4.78 is 27.2. The molecule has 0 radical (unpaired) electrons. The molecule has 0 aliphatic heterocycles. The van der Waals surface area contributed by atoms with Gasteiger partial charge in [0.2, 0.25) is 0 Å². The third-order valence-electron chi connectivity index (χ3n) is 3.14. The highest BCUT2D eigenvalue weighted by Gasteiger charge is 2.14. The van der Waals surface area contributed by atoms with Gasteiger partial charge in [-0.3, -0.25) is 9.52 Å². The summed E-state index contributed by atoms with van der Waals surface area (Å²) in [5, 5.41) is 0.829. The van der Waals surface area contributed by atoms with Crippen LogP contribution in [0.4, 0.5) is 5.69 Å². The van der Waals surface area contributed by atoms with Crippen LogP contribution in [-0.2, 0) is 16.4 Å². The van der Waals surface area contributed by atoms with Gasteiger partial charge >= 0.3 is 0 Å². The molecule has 0 aliphatic carbocycles. The molecule has 2 rings (SSSR count). The van der Waals surface area contributed by atoms with E-state index in [1.165, 1.54) is 13.0 Å². The number of sulfonamides is 1. The lowest BCUT2D eigenvalue weighted by Gasteiger charge is -2.09. The van der Waals surface area contributed by atoms with Crippen molar-refractivity contribution in [3.63, 3.8) is 0 Å². The first-order chi connectivity index (χ1) is 10.4. The summed E-state index contributed by atoms with van der Waals surface area (Å²) in [6.07, 6.45) is 0.842. The van der Waals surface area contributed by atoms with Gasteiger partial charge in [-0.15, -0.1) is 0 Å². The minimum Gasteiger partial charge on any atom is -0.295 e. The average Bonchev–Trinajstić information content (AvgIpc) is 2.48. The van der Waals surface area contributed by atoms with Crippen molar-refractivity contribution in [3.05, 3.63) is 59.7 Å². The predicted molar refractivity (Wildman–Crippen MR) is 91.2 cm³/mol. The quantitative estimate of drug-likeness (QED) is 0.613. The number of carbonyl (C=O) groups excluding carboxylic acids is 1. The van der Waals surface area contributed by atoms with Crippen molar-refractivity contribution in [2.75, 3.05) is 10.1 Å². The molecule has 0 bridgehead atoms. The third-order valence-corrected chi connectivity index (χ3v) is 4.93. The van der Waals surface area contributed by atoms with Crippen molar-refractivity contribution >= 4 is 37.4 Å². The van der Waals surface area contributed by atoms with Gasteiger partial charge in [0.25, 0.3) is 10.0 Å². The van der Waals surface area contributed by atoms with Gasteiger partial charge in [-0.05, 0) is 43.2 Å². The summed E-state index contributed by atoms with van der Waals surface area (Å²) in [5.74, 6) is -0.111.